The molecule has 1 aliphatic heterocycles. The molecule has 1 aliphatic rings. The predicted octanol–water partition coefficient (Wildman–Crippen LogP) is 2.72. The van der Waals surface area contributed by atoms with E-state index in [4.69, 9.17) is 4.74 Å². The molecule has 4 nitrogen and oxygen atoms in total. The second kappa shape index (κ2) is 4.63. The summed E-state index contributed by atoms with van der Waals surface area (Å²) in [5.41, 5.74) is 4.29. The van der Waals surface area contributed by atoms with Gasteiger partial charge in [-0.2, -0.15) is 0 Å². The Bertz CT molecular complexity index is 695. The quantitative estimate of drug-likeness (QED) is 0.798. The highest BCUT2D eigenvalue weighted by molar-refractivity contribution is 5.96. The molecular weight excluding hydrogens is 252 g/mol. The standard InChI is InChI=1S/C16H16N2O2/c1-10-4-5-11(2)12(8-10)13-6-7-14-16(17-13)18(3)15(19)9-20-14/h4-8H,9H2,1-3H3. The lowest BCUT2D eigenvalue weighted by molar-refractivity contribution is -0.121. The van der Waals surface area contributed by atoms with Gasteiger partial charge in [-0.15, -0.1) is 0 Å². The first kappa shape index (κ1) is 12.7. The summed E-state index contributed by atoms with van der Waals surface area (Å²) in [7, 11) is 1.73. The highest BCUT2D eigenvalue weighted by Crippen LogP contribution is 2.33. The van der Waals surface area contributed by atoms with E-state index in [-0.39, 0.29) is 12.5 Å². The van der Waals surface area contributed by atoms with Crippen LogP contribution in [0.5, 0.6) is 5.75 Å². The van der Waals surface area contributed by atoms with Crippen molar-refractivity contribution in [3.05, 3.63) is 41.5 Å². The summed E-state index contributed by atoms with van der Waals surface area (Å²) in [6.45, 7) is 4.19. The molecule has 0 N–H and O–H groups in total. The number of nitrogens with zero attached hydrogens (tertiary/aromatic N) is 2. The molecule has 0 saturated carbocycles. The average molecular weight is 268 g/mol. The number of carbonyl (C=O) groups is 1. The van der Waals surface area contributed by atoms with Gasteiger partial charge in [0, 0.05) is 12.6 Å². The summed E-state index contributed by atoms with van der Waals surface area (Å²) < 4.78 is 5.40. The largest absolute Gasteiger partial charge is 0.480 e. The van der Waals surface area contributed by atoms with E-state index in [0.717, 1.165) is 16.8 Å². The monoisotopic (exact) mass is 268 g/mol. The summed E-state index contributed by atoms with van der Waals surface area (Å²) in [4.78, 5) is 17.8. The number of pyridine rings is 1. The molecule has 2 heterocycles. The molecule has 1 aromatic heterocycles. The summed E-state index contributed by atoms with van der Waals surface area (Å²) in [5.74, 6) is 1.16. The summed E-state index contributed by atoms with van der Waals surface area (Å²) in [6, 6.07) is 10.1. The molecule has 0 spiro atoms. The molecule has 0 fully saturated rings. The normalized spacial score (nSPS) is 13.9. The lowest BCUT2D eigenvalue weighted by Crippen LogP contribution is -2.36. The number of fused-ring (bicyclic) bond motifs is 1. The lowest BCUT2D eigenvalue weighted by atomic mass is 10.0. The summed E-state index contributed by atoms with van der Waals surface area (Å²) in [6.07, 6.45) is 0. The molecule has 20 heavy (non-hydrogen) atoms. The van der Waals surface area contributed by atoms with Crippen LogP contribution in [0.4, 0.5) is 5.82 Å². The highest BCUT2D eigenvalue weighted by Gasteiger charge is 2.24. The number of aromatic nitrogens is 1. The van der Waals surface area contributed by atoms with E-state index in [1.165, 1.54) is 5.56 Å². The molecule has 0 radical (unpaired) electrons. The van der Waals surface area contributed by atoms with E-state index in [1.807, 2.05) is 12.1 Å². The topological polar surface area (TPSA) is 42.4 Å². The predicted molar refractivity (Wildman–Crippen MR) is 78.1 cm³/mol. The second-order valence-electron chi connectivity index (χ2n) is 5.08. The molecule has 102 valence electrons. The van der Waals surface area contributed by atoms with E-state index in [9.17, 15) is 4.79 Å². The first-order chi connectivity index (χ1) is 9.56. The molecule has 4 heteroatoms. The molecule has 0 saturated heterocycles. The summed E-state index contributed by atoms with van der Waals surface area (Å²) >= 11 is 0. The number of aryl methyl sites for hydroxylation is 2. The Labute approximate surface area is 118 Å². The van der Waals surface area contributed by atoms with Crippen LogP contribution in [-0.4, -0.2) is 24.5 Å². The van der Waals surface area contributed by atoms with Crippen LogP contribution >= 0.6 is 0 Å². The van der Waals surface area contributed by atoms with Crippen LogP contribution in [0.1, 0.15) is 11.1 Å². The first-order valence-corrected chi connectivity index (χ1v) is 6.54. The van der Waals surface area contributed by atoms with Gasteiger partial charge in [-0.05, 0) is 37.6 Å². The maximum absolute atomic E-state index is 11.7. The number of hydrogen-bond donors (Lipinski definition) is 0. The average Bonchev–Trinajstić information content (AvgIpc) is 2.45. The van der Waals surface area contributed by atoms with Gasteiger partial charge in [0.25, 0.3) is 5.91 Å². The Morgan fingerprint density at radius 3 is 2.80 bits per heavy atom. The van der Waals surface area contributed by atoms with E-state index in [2.05, 4.69) is 37.0 Å². The Balaban J connectivity index is 2.12. The van der Waals surface area contributed by atoms with Gasteiger partial charge in [-0.25, -0.2) is 4.98 Å². The van der Waals surface area contributed by atoms with E-state index < -0.39 is 0 Å². The van der Waals surface area contributed by atoms with E-state index in [1.54, 1.807) is 11.9 Å². The van der Waals surface area contributed by atoms with Crippen LogP contribution in [0, 0.1) is 13.8 Å². The molecular formula is C16H16N2O2. The fourth-order valence-electron chi connectivity index (χ4n) is 2.30. The molecule has 1 aromatic carbocycles. The molecule has 0 unspecified atom stereocenters. The van der Waals surface area contributed by atoms with Gasteiger partial charge in [0.05, 0.1) is 5.69 Å². The van der Waals surface area contributed by atoms with Crippen molar-refractivity contribution in [3.8, 4) is 17.0 Å². The minimum Gasteiger partial charge on any atom is -0.480 e. The molecule has 1 amide bonds. The van der Waals surface area contributed by atoms with Crippen molar-refractivity contribution in [2.24, 2.45) is 0 Å². The smallest absolute Gasteiger partial charge is 0.265 e. The van der Waals surface area contributed by atoms with Crippen molar-refractivity contribution in [2.45, 2.75) is 13.8 Å². The number of carbonyl (C=O) groups excluding carboxylic acids is 1. The van der Waals surface area contributed by atoms with Crippen LogP contribution in [-0.2, 0) is 4.79 Å². The van der Waals surface area contributed by atoms with Gasteiger partial charge in [-0.1, -0.05) is 17.7 Å². The van der Waals surface area contributed by atoms with Crippen LogP contribution < -0.4 is 9.64 Å². The molecule has 2 aromatic rings. The Kier molecular flexibility index (Phi) is 2.93. The molecule has 0 bridgehead atoms. The Morgan fingerprint density at radius 1 is 1.20 bits per heavy atom. The van der Waals surface area contributed by atoms with Crippen molar-refractivity contribution in [1.82, 2.24) is 4.98 Å². The number of anilines is 1. The third-order valence-corrected chi connectivity index (χ3v) is 3.55. The maximum atomic E-state index is 11.7. The van der Waals surface area contributed by atoms with E-state index in [0.29, 0.717) is 11.6 Å². The first-order valence-electron chi connectivity index (χ1n) is 6.54. The molecule has 0 aliphatic carbocycles. The number of ether oxygens (including phenoxy) is 1. The summed E-state index contributed by atoms with van der Waals surface area (Å²) in [5, 5.41) is 0. The minimum atomic E-state index is -0.0804. The third kappa shape index (κ3) is 2.03. The van der Waals surface area contributed by atoms with Crippen molar-refractivity contribution in [2.75, 3.05) is 18.6 Å². The fraction of sp³-hybridized carbons (Fsp3) is 0.250. The van der Waals surface area contributed by atoms with Gasteiger partial charge in [0.15, 0.2) is 18.2 Å². The number of amides is 1. The number of rotatable bonds is 1. The van der Waals surface area contributed by atoms with Crippen LogP contribution in [0.15, 0.2) is 30.3 Å². The zero-order valence-corrected chi connectivity index (χ0v) is 11.8. The van der Waals surface area contributed by atoms with Crippen LogP contribution in [0.2, 0.25) is 0 Å². The zero-order valence-electron chi connectivity index (χ0n) is 11.8. The SMILES string of the molecule is Cc1ccc(C)c(-c2ccc3c(n2)N(C)C(=O)CO3)c1. The second-order valence-corrected chi connectivity index (χ2v) is 5.08. The van der Waals surface area contributed by atoms with Crippen molar-refractivity contribution in [1.29, 1.82) is 0 Å². The fourth-order valence-corrected chi connectivity index (χ4v) is 2.30. The highest BCUT2D eigenvalue weighted by atomic mass is 16.5. The number of hydrogen-bond acceptors (Lipinski definition) is 3. The van der Waals surface area contributed by atoms with Gasteiger partial charge in [0.2, 0.25) is 0 Å². The lowest BCUT2D eigenvalue weighted by Gasteiger charge is -2.25. The third-order valence-electron chi connectivity index (χ3n) is 3.55. The maximum Gasteiger partial charge on any atom is 0.265 e. The Morgan fingerprint density at radius 2 is 2.00 bits per heavy atom. The zero-order chi connectivity index (χ0) is 14.3. The number of benzene rings is 1. The van der Waals surface area contributed by atoms with Gasteiger partial charge in [0.1, 0.15) is 0 Å². The van der Waals surface area contributed by atoms with Crippen molar-refractivity contribution < 1.29 is 9.53 Å². The van der Waals surface area contributed by atoms with Gasteiger partial charge in [-0.3, -0.25) is 9.69 Å². The van der Waals surface area contributed by atoms with Crippen LogP contribution in [0.3, 0.4) is 0 Å². The number of likely N-dealkylation sites (N-methyl/N-ethyl adjacent to an activating group) is 1. The Hall–Kier alpha value is -2.36. The molecule has 3 rings (SSSR count). The van der Waals surface area contributed by atoms with Gasteiger partial charge >= 0.3 is 0 Å². The van der Waals surface area contributed by atoms with Gasteiger partial charge < -0.3 is 4.74 Å². The van der Waals surface area contributed by atoms with E-state index >= 15 is 0 Å². The van der Waals surface area contributed by atoms with Crippen molar-refractivity contribution in [3.63, 3.8) is 0 Å². The minimum absolute atomic E-state index is 0.0774. The van der Waals surface area contributed by atoms with Crippen LogP contribution in [0.25, 0.3) is 11.3 Å². The van der Waals surface area contributed by atoms with Crippen molar-refractivity contribution >= 4 is 11.7 Å². The molecule has 0 atom stereocenters.